The van der Waals surface area contributed by atoms with Gasteiger partial charge in [0.05, 0.1) is 11.2 Å². The van der Waals surface area contributed by atoms with Crippen LogP contribution in [-0.4, -0.2) is 4.98 Å². The minimum Gasteiger partial charge on any atom is -0.323 e. The number of benzene rings is 1. The van der Waals surface area contributed by atoms with E-state index in [4.69, 9.17) is 5.84 Å². The lowest BCUT2D eigenvalue weighted by molar-refractivity contribution is 0.571. The smallest absolute Gasteiger partial charge is 0.124 e. The van der Waals surface area contributed by atoms with Gasteiger partial charge in [0.1, 0.15) is 5.82 Å². The van der Waals surface area contributed by atoms with E-state index >= 15 is 0 Å². The molecular formula is C14H18FN3. The molecule has 4 heteroatoms. The van der Waals surface area contributed by atoms with Gasteiger partial charge in [-0.15, -0.1) is 0 Å². The van der Waals surface area contributed by atoms with E-state index in [0.29, 0.717) is 11.1 Å². The van der Waals surface area contributed by atoms with E-state index in [1.807, 2.05) is 13.0 Å². The summed E-state index contributed by atoms with van der Waals surface area (Å²) >= 11 is 0. The first-order chi connectivity index (χ1) is 8.32. The van der Waals surface area contributed by atoms with Gasteiger partial charge in [-0.3, -0.25) is 10.8 Å². The number of nitrogens with zero attached hydrogens (tertiary/aromatic N) is 1. The Labute approximate surface area is 106 Å². The van der Waals surface area contributed by atoms with Crippen molar-refractivity contribution in [1.29, 1.82) is 0 Å². The molecule has 0 fully saturated rings. The SMILES string of the molecule is Cc1cc(F)cc2c(NN)cc(C(C)(C)C)nc12. The van der Waals surface area contributed by atoms with Crippen LogP contribution in [0.5, 0.6) is 0 Å². The molecule has 18 heavy (non-hydrogen) atoms. The number of rotatable bonds is 1. The van der Waals surface area contributed by atoms with Gasteiger partial charge >= 0.3 is 0 Å². The maximum atomic E-state index is 13.5. The van der Waals surface area contributed by atoms with E-state index < -0.39 is 0 Å². The summed E-state index contributed by atoms with van der Waals surface area (Å²) in [4.78, 5) is 4.63. The predicted octanol–water partition coefficient (Wildman–Crippen LogP) is 3.27. The van der Waals surface area contributed by atoms with E-state index in [0.717, 1.165) is 16.8 Å². The van der Waals surface area contributed by atoms with E-state index in [2.05, 4.69) is 31.2 Å². The molecule has 0 unspecified atom stereocenters. The van der Waals surface area contributed by atoms with Crippen LogP contribution in [0.25, 0.3) is 10.9 Å². The number of nitrogen functional groups attached to an aromatic ring is 1. The Balaban J connectivity index is 2.84. The predicted molar refractivity (Wildman–Crippen MR) is 72.9 cm³/mol. The fourth-order valence-electron chi connectivity index (χ4n) is 1.96. The summed E-state index contributed by atoms with van der Waals surface area (Å²) in [6.07, 6.45) is 0. The van der Waals surface area contributed by atoms with Gasteiger partial charge < -0.3 is 5.43 Å². The molecular weight excluding hydrogens is 229 g/mol. The van der Waals surface area contributed by atoms with Gasteiger partial charge in [-0.25, -0.2) is 4.39 Å². The Kier molecular flexibility index (Phi) is 2.99. The highest BCUT2D eigenvalue weighted by Gasteiger charge is 2.18. The summed E-state index contributed by atoms with van der Waals surface area (Å²) in [7, 11) is 0. The minimum atomic E-state index is -0.276. The first-order valence-corrected chi connectivity index (χ1v) is 5.91. The Morgan fingerprint density at radius 1 is 1.22 bits per heavy atom. The number of pyridine rings is 1. The molecule has 2 rings (SSSR count). The molecule has 2 aromatic rings. The van der Waals surface area contributed by atoms with Crippen LogP contribution in [-0.2, 0) is 5.41 Å². The fourth-order valence-corrected chi connectivity index (χ4v) is 1.96. The molecule has 3 nitrogen and oxygen atoms in total. The summed E-state index contributed by atoms with van der Waals surface area (Å²) in [6.45, 7) is 8.10. The summed E-state index contributed by atoms with van der Waals surface area (Å²) in [5, 5.41) is 0.711. The molecule has 1 aromatic heterocycles. The van der Waals surface area contributed by atoms with Crippen molar-refractivity contribution in [2.75, 3.05) is 5.43 Å². The van der Waals surface area contributed by atoms with Gasteiger partial charge in [-0.1, -0.05) is 20.8 Å². The lowest BCUT2D eigenvalue weighted by atomic mass is 9.90. The van der Waals surface area contributed by atoms with Crippen molar-refractivity contribution < 1.29 is 4.39 Å². The molecule has 3 N–H and O–H groups in total. The summed E-state index contributed by atoms with van der Waals surface area (Å²) in [5.74, 6) is 5.25. The maximum absolute atomic E-state index is 13.5. The maximum Gasteiger partial charge on any atom is 0.124 e. The third-order valence-electron chi connectivity index (χ3n) is 2.99. The Morgan fingerprint density at radius 2 is 1.89 bits per heavy atom. The number of hydrazine groups is 1. The topological polar surface area (TPSA) is 50.9 Å². The van der Waals surface area contributed by atoms with Gasteiger partial charge in [0, 0.05) is 16.5 Å². The van der Waals surface area contributed by atoms with Crippen molar-refractivity contribution in [2.45, 2.75) is 33.1 Å². The highest BCUT2D eigenvalue weighted by molar-refractivity contribution is 5.93. The fraction of sp³-hybridized carbons (Fsp3) is 0.357. The molecule has 1 heterocycles. The largest absolute Gasteiger partial charge is 0.323 e. The van der Waals surface area contributed by atoms with Crippen molar-refractivity contribution in [2.24, 2.45) is 5.84 Å². The molecule has 0 aliphatic rings. The molecule has 0 amide bonds. The van der Waals surface area contributed by atoms with E-state index in [-0.39, 0.29) is 11.2 Å². The van der Waals surface area contributed by atoms with Crippen LogP contribution >= 0.6 is 0 Å². The van der Waals surface area contributed by atoms with Gasteiger partial charge in [0.2, 0.25) is 0 Å². The molecule has 0 bridgehead atoms. The van der Waals surface area contributed by atoms with Crippen molar-refractivity contribution >= 4 is 16.6 Å². The van der Waals surface area contributed by atoms with E-state index in [9.17, 15) is 4.39 Å². The highest BCUT2D eigenvalue weighted by atomic mass is 19.1. The van der Waals surface area contributed by atoms with Gasteiger partial charge in [0.25, 0.3) is 0 Å². The quantitative estimate of drug-likeness (QED) is 0.600. The number of aryl methyl sites for hydroxylation is 1. The molecule has 0 atom stereocenters. The van der Waals surface area contributed by atoms with Crippen LogP contribution in [0.2, 0.25) is 0 Å². The zero-order chi connectivity index (χ0) is 13.5. The van der Waals surface area contributed by atoms with Crippen LogP contribution < -0.4 is 11.3 Å². The van der Waals surface area contributed by atoms with Gasteiger partial charge in [-0.05, 0) is 30.7 Å². The number of nitrogens with two attached hydrogens (primary N) is 1. The van der Waals surface area contributed by atoms with Crippen molar-refractivity contribution in [3.8, 4) is 0 Å². The van der Waals surface area contributed by atoms with Crippen LogP contribution in [0.3, 0.4) is 0 Å². The second-order valence-electron chi connectivity index (χ2n) is 5.57. The normalized spacial score (nSPS) is 11.9. The number of hydrogen-bond donors (Lipinski definition) is 2. The number of hydrogen-bond acceptors (Lipinski definition) is 3. The molecule has 0 spiro atoms. The van der Waals surface area contributed by atoms with E-state index in [1.165, 1.54) is 12.1 Å². The summed E-state index contributed by atoms with van der Waals surface area (Å²) < 4.78 is 13.5. The first-order valence-electron chi connectivity index (χ1n) is 5.91. The molecule has 96 valence electrons. The zero-order valence-corrected chi connectivity index (χ0v) is 11.1. The molecule has 0 radical (unpaired) electrons. The molecule has 1 aromatic carbocycles. The number of halogens is 1. The van der Waals surface area contributed by atoms with E-state index in [1.54, 1.807) is 0 Å². The summed E-state index contributed by atoms with van der Waals surface area (Å²) in [6, 6.07) is 4.82. The zero-order valence-electron chi connectivity index (χ0n) is 11.1. The first kappa shape index (κ1) is 12.8. The van der Waals surface area contributed by atoms with Gasteiger partial charge in [0.15, 0.2) is 0 Å². The second kappa shape index (κ2) is 4.21. The van der Waals surface area contributed by atoms with Crippen molar-refractivity contribution in [3.63, 3.8) is 0 Å². The molecule has 0 aliphatic carbocycles. The van der Waals surface area contributed by atoms with Crippen molar-refractivity contribution in [1.82, 2.24) is 4.98 Å². The number of anilines is 1. The van der Waals surface area contributed by atoms with Crippen LogP contribution in [0.4, 0.5) is 10.1 Å². The monoisotopic (exact) mass is 247 g/mol. The van der Waals surface area contributed by atoms with Crippen LogP contribution in [0.1, 0.15) is 32.0 Å². The van der Waals surface area contributed by atoms with Gasteiger partial charge in [-0.2, -0.15) is 0 Å². The Hall–Kier alpha value is -1.68. The third kappa shape index (κ3) is 2.16. The molecule has 0 aliphatic heterocycles. The average Bonchev–Trinajstić information content (AvgIpc) is 2.26. The number of fused-ring (bicyclic) bond motifs is 1. The third-order valence-corrected chi connectivity index (χ3v) is 2.99. The Morgan fingerprint density at radius 3 is 2.44 bits per heavy atom. The summed E-state index contributed by atoms with van der Waals surface area (Å²) in [5.41, 5.74) is 5.78. The Bertz CT molecular complexity index is 600. The lowest BCUT2D eigenvalue weighted by Gasteiger charge is -2.20. The highest BCUT2D eigenvalue weighted by Crippen LogP contribution is 2.30. The van der Waals surface area contributed by atoms with Crippen LogP contribution in [0, 0.1) is 12.7 Å². The number of nitrogens with one attached hydrogen (secondary N) is 1. The lowest BCUT2D eigenvalue weighted by Crippen LogP contribution is -2.16. The average molecular weight is 247 g/mol. The minimum absolute atomic E-state index is 0.0827. The van der Waals surface area contributed by atoms with Crippen LogP contribution in [0.15, 0.2) is 18.2 Å². The molecule has 0 saturated heterocycles. The second-order valence-corrected chi connectivity index (χ2v) is 5.57. The standard InChI is InChI=1S/C14H18FN3/c1-8-5-9(15)6-10-11(18-16)7-12(14(2,3)4)17-13(8)10/h5-7H,16H2,1-4H3,(H,17,18). The van der Waals surface area contributed by atoms with Crippen molar-refractivity contribution in [3.05, 3.63) is 35.3 Å². The number of aromatic nitrogens is 1. The molecule has 0 saturated carbocycles.